The third-order valence-corrected chi connectivity index (χ3v) is 5.08. The molecular formula is C22H29ClN4O2. The van der Waals surface area contributed by atoms with Crippen molar-refractivity contribution in [2.24, 2.45) is 11.7 Å². The lowest BCUT2D eigenvalue weighted by Gasteiger charge is -2.19. The van der Waals surface area contributed by atoms with E-state index in [1.807, 2.05) is 43.0 Å². The van der Waals surface area contributed by atoms with Crippen molar-refractivity contribution in [1.82, 2.24) is 10.2 Å². The second-order valence-corrected chi connectivity index (χ2v) is 7.52. The van der Waals surface area contributed by atoms with E-state index in [4.69, 9.17) is 5.73 Å². The summed E-state index contributed by atoms with van der Waals surface area (Å²) >= 11 is 0. The lowest BCUT2D eigenvalue weighted by molar-refractivity contribution is 0.0787. The number of likely N-dealkylation sites (tertiary alicyclic amines) is 1. The number of anilines is 1. The van der Waals surface area contributed by atoms with Crippen molar-refractivity contribution >= 4 is 30.0 Å². The van der Waals surface area contributed by atoms with Gasteiger partial charge in [0.15, 0.2) is 0 Å². The Kier molecular flexibility index (Phi) is 8.05. The third kappa shape index (κ3) is 5.49. The molecule has 0 aromatic heterocycles. The minimum absolute atomic E-state index is 0. The molecule has 156 valence electrons. The summed E-state index contributed by atoms with van der Waals surface area (Å²) < 4.78 is 0. The monoisotopic (exact) mass is 416 g/mol. The number of benzene rings is 2. The van der Waals surface area contributed by atoms with E-state index in [9.17, 15) is 9.59 Å². The predicted octanol–water partition coefficient (Wildman–Crippen LogP) is 3.45. The highest BCUT2D eigenvalue weighted by molar-refractivity contribution is 6.03. The van der Waals surface area contributed by atoms with Crippen LogP contribution in [0.4, 0.5) is 10.5 Å². The van der Waals surface area contributed by atoms with Gasteiger partial charge in [-0.25, -0.2) is 4.79 Å². The molecule has 1 aliphatic heterocycles. The first-order valence-corrected chi connectivity index (χ1v) is 9.70. The molecule has 1 heterocycles. The van der Waals surface area contributed by atoms with Gasteiger partial charge in [-0.1, -0.05) is 42.5 Å². The standard InChI is InChI=1S/C22H28N4O2.ClH/c1-15(2)24-22(28)25-20-11-7-6-10-18(20)21(27)26-13-17(12-23)19(14-26)16-8-4-3-5-9-16;/h3-11,15,17,19H,12-14,23H2,1-2H3,(H2,24,25,28);1H/t17-,19+;/m1./s1. The smallest absolute Gasteiger partial charge is 0.319 e. The van der Waals surface area contributed by atoms with E-state index in [2.05, 4.69) is 22.8 Å². The number of amides is 3. The summed E-state index contributed by atoms with van der Waals surface area (Å²) in [5.74, 6) is 0.354. The van der Waals surface area contributed by atoms with Gasteiger partial charge in [-0.05, 0) is 44.0 Å². The Morgan fingerprint density at radius 2 is 1.72 bits per heavy atom. The predicted molar refractivity (Wildman–Crippen MR) is 119 cm³/mol. The maximum Gasteiger partial charge on any atom is 0.319 e. The zero-order valence-corrected chi connectivity index (χ0v) is 17.6. The Morgan fingerprint density at radius 3 is 2.38 bits per heavy atom. The molecule has 0 bridgehead atoms. The second-order valence-electron chi connectivity index (χ2n) is 7.52. The Morgan fingerprint density at radius 1 is 1.07 bits per heavy atom. The van der Waals surface area contributed by atoms with E-state index in [-0.39, 0.29) is 42.2 Å². The summed E-state index contributed by atoms with van der Waals surface area (Å²) in [7, 11) is 0. The first kappa shape index (κ1) is 22.7. The van der Waals surface area contributed by atoms with Crippen LogP contribution in [0.5, 0.6) is 0 Å². The SMILES string of the molecule is CC(C)NC(=O)Nc1ccccc1C(=O)N1C[C@@H](CN)[C@H](c2ccccc2)C1.Cl. The van der Waals surface area contributed by atoms with E-state index in [0.717, 1.165) is 0 Å². The molecule has 0 radical (unpaired) electrons. The molecular weight excluding hydrogens is 388 g/mol. The average Bonchev–Trinajstić information content (AvgIpc) is 3.12. The number of halogens is 1. The fraction of sp³-hybridized carbons (Fsp3) is 0.364. The van der Waals surface area contributed by atoms with Gasteiger partial charge in [0.25, 0.3) is 5.91 Å². The van der Waals surface area contributed by atoms with Gasteiger partial charge < -0.3 is 21.3 Å². The van der Waals surface area contributed by atoms with Crippen LogP contribution >= 0.6 is 12.4 Å². The highest BCUT2D eigenvalue weighted by Crippen LogP contribution is 2.33. The molecule has 0 unspecified atom stereocenters. The van der Waals surface area contributed by atoms with Crippen molar-refractivity contribution < 1.29 is 9.59 Å². The second kappa shape index (κ2) is 10.3. The largest absolute Gasteiger partial charge is 0.338 e. The Bertz CT molecular complexity index is 829. The van der Waals surface area contributed by atoms with Gasteiger partial charge in [-0.15, -0.1) is 12.4 Å². The van der Waals surface area contributed by atoms with Crippen LogP contribution in [-0.4, -0.2) is 42.5 Å². The van der Waals surface area contributed by atoms with Crippen LogP contribution in [-0.2, 0) is 0 Å². The molecule has 1 aliphatic rings. The van der Waals surface area contributed by atoms with Crippen LogP contribution in [0.3, 0.4) is 0 Å². The number of carbonyl (C=O) groups is 2. The fourth-order valence-electron chi connectivity index (χ4n) is 3.72. The zero-order valence-electron chi connectivity index (χ0n) is 16.8. The minimum atomic E-state index is -0.321. The van der Waals surface area contributed by atoms with Crippen molar-refractivity contribution in [3.63, 3.8) is 0 Å². The summed E-state index contributed by atoms with van der Waals surface area (Å²) in [5.41, 5.74) is 8.21. The summed E-state index contributed by atoms with van der Waals surface area (Å²) in [6.45, 7) is 5.54. The maximum absolute atomic E-state index is 13.2. The summed E-state index contributed by atoms with van der Waals surface area (Å²) in [4.78, 5) is 27.2. The number of hydrogen-bond acceptors (Lipinski definition) is 3. The van der Waals surface area contributed by atoms with E-state index in [1.54, 1.807) is 18.2 Å². The average molecular weight is 417 g/mol. The molecule has 3 amide bonds. The summed E-state index contributed by atoms with van der Waals surface area (Å²) in [5, 5.41) is 5.57. The number of carbonyl (C=O) groups excluding carboxylic acids is 2. The van der Waals surface area contributed by atoms with Gasteiger partial charge in [0.1, 0.15) is 0 Å². The van der Waals surface area contributed by atoms with E-state index in [0.29, 0.717) is 30.9 Å². The number of nitrogens with zero attached hydrogens (tertiary/aromatic N) is 1. The normalized spacial score (nSPS) is 18.3. The van der Waals surface area contributed by atoms with Crippen molar-refractivity contribution in [1.29, 1.82) is 0 Å². The molecule has 6 nitrogen and oxygen atoms in total. The molecule has 3 rings (SSSR count). The first-order chi connectivity index (χ1) is 13.5. The van der Waals surface area contributed by atoms with Gasteiger partial charge >= 0.3 is 6.03 Å². The first-order valence-electron chi connectivity index (χ1n) is 9.70. The van der Waals surface area contributed by atoms with Gasteiger partial charge in [0.05, 0.1) is 11.3 Å². The van der Waals surface area contributed by atoms with Gasteiger partial charge in [-0.3, -0.25) is 4.79 Å². The molecule has 29 heavy (non-hydrogen) atoms. The maximum atomic E-state index is 13.2. The summed E-state index contributed by atoms with van der Waals surface area (Å²) in [6.07, 6.45) is 0. The molecule has 1 saturated heterocycles. The van der Waals surface area contributed by atoms with Crippen LogP contribution < -0.4 is 16.4 Å². The van der Waals surface area contributed by atoms with Crippen molar-refractivity contribution in [3.05, 3.63) is 65.7 Å². The number of hydrogen-bond donors (Lipinski definition) is 3. The van der Waals surface area contributed by atoms with Crippen LogP contribution in [0.2, 0.25) is 0 Å². The number of nitrogens with one attached hydrogen (secondary N) is 2. The number of rotatable bonds is 5. The van der Waals surface area contributed by atoms with Crippen molar-refractivity contribution in [2.75, 3.05) is 25.0 Å². The van der Waals surface area contributed by atoms with Crippen LogP contribution in [0, 0.1) is 5.92 Å². The molecule has 7 heteroatoms. The van der Waals surface area contributed by atoms with Gasteiger partial charge in [0.2, 0.25) is 0 Å². The Hall–Kier alpha value is -2.57. The number of nitrogens with two attached hydrogens (primary N) is 1. The fourth-order valence-corrected chi connectivity index (χ4v) is 3.72. The topological polar surface area (TPSA) is 87.5 Å². The Labute approximate surface area is 178 Å². The van der Waals surface area contributed by atoms with E-state index >= 15 is 0 Å². The van der Waals surface area contributed by atoms with Crippen LogP contribution in [0.25, 0.3) is 0 Å². The van der Waals surface area contributed by atoms with Crippen molar-refractivity contribution in [3.8, 4) is 0 Å². The molecule has 2 aromatic rings. The number of urea groups is 1. The highest BCUT2D eigenvalue weighted by atomic mass is 35.5. The molecule has 0 spiro atoms. The molecule has 2 atom stereocenters. The molecule has 0 aliphatic carbocycles. The zero-order chi connectivity index (χ0) is 20.1. The molecule has 2 aromatic carbocycles. The third-order valence-electron chi connectivity index (χ3n) is 5.08. The van der Waals surface area contributed by atoms with Crippen LogP contribution in [0.1, 0.15) is 35.7 Å². The van der Waals surface area contributed by atoms with E-state index < -0.39 is 0 Å². The molecule has 1 fully saturated rings. The lowest BCUT2D eigenvalue weighted by Crippen LogP contribution is -2.35. The van der Waals surface area contributed by atoms with Gasteiger partial charge in [0, 0.05) is 25.0 Å². The minimum Gasteiger partial charge on any atom is -0.338 e. The number of para-hydroxylation sites is 1. The van der Waals surface area contributed by atoms with E-state index in [1.165, 1.54) is 5.56 Å². The molecule has 0 saturated carbocycles. The van der Waals surface area contributed by atoms with Crippen molar-refractivity contribution in [2.45, 2.75) is 25.8 Å². The van der Waals surface area contributed by atoms with Gasteiger partial charge in [-0.2, -0.15) is 0 Å². The summed E-state index contributed by atoms with van der Waals surface area (Å²) in [6, 6.07) is 17.0. The lowest BCUT2D eigenvalue weighted by atomic mass is 9.89. The molecule has 4 N–H and O–H groups in total. The Balaban J connectivity index is 0.00000300. The highest BCUT2D eigenvalue weighted by Gasteiger charge is 2.36. The van der Waals surface area contributed by atoms with Crippen LogP contribution in [0.15, 0.2) is 54.6 Å². The quantitative estimate of drug-likeness (QED) is 0.697.